The van der Waals surface area contributed by atoms with Gasteiger partial charge in [0.1, 0.15) is 0 Å². The Balaban J connectivity index is 2.26. The summed E-state index contributed by atoms with van der Waals surface area (Å²) in [5.41, 5.74) is 0. The van der Waals surface area contributed by atoms with Gasteiger partial charge in [0, 0.05) is 25.2 Å². The third-order valence-electron chi connectivity index (χ3n) is 3.12. The molecule has 2 heterocycles. The molecule has 0 aromatic heterocycles. The SMILES string of the molecule is CS(=O)(=O)N1C2CCC1CN(S(N)(=O)=O)C2. The largest absolute Gasteiger partial charge is 0.277 e. The smallest absolute Gasteiger partial charge is 0.216 e. The number of nitrogens with two attached hydrogens (primary N) is 1. The Morgan fingerprint density at radius 2 is 1.50 bits per heavy atom. The lowest BCUT2D eigenvalue weighted by Gasteiger charge is -2.37. The summed E-state index contributed by atoms with van der Waals surface area (Å²) in [6.45, 7) is 0.338. The first-order valence-corrected chi connectivity index (χ1v) is 8.31. The normalized spacial score (nSPS) is 33.1. The van der Waals surface area contributed by atoms with Gasteiger partial charge in [-0.3, -0.25) is 0 Å². The fraction of sp³-hybridized carbons (Fsp3) is 1.00. The van der Waals surface area contributed by atoms with Gasteiger partial charge in [-0.1, -0.05) is 0 Å². The van der Waals surface area contributed by atoms with E-state index in [1.54, 1.807) is 0 Å². The molecule has 7 nitrogen and oxygen atoms in total. The molecule has 0 aliphatic carbocycles. The zero-order valence-corrected chi connectivity index (χ0v) is 10.5. The lowest BCUT2D eigenvalue weighted by molar-refractivity contribution is 0.196. The highest BCUT2D eigenvalue weighted by atomic mass is 32.2. The van der Waals surface area contributed by atoms with Gasteiger partial charge >= 0.3 is 0 Å². The standard InChI is InChI=1S/C7H15N3O4S2/c1-15(11,12)10-6-2-3-7(10)5-9(4-6)16(8,13)14/h6-7H,2-5H2,1H3,(H2,8,13,14). The quantitative estimate of drug-likeness (QED) is 0.645. The lowest BCUT2D eigenvalue weighted by atomic mass is 10.2. The topological polar surface area (TPSA) is 101 Å². The lowest BCUT2D eigenvalue weighted by Crippen LogP contribution is -2.57. The van der Waals surface area contributed by atoms with Crippen LogP contribution in [-0.2, 0) is 20.2 Å². The highest BCUT2D eigenvalue weighted by Crippen LogP contribution is 2.32. The fourth-order valence-electron chi connectivity index (χ4n) is 2.57. The summed E-state index contributed by atoms with van der Waals surface area (Å²) in [7, 11) is -6.97. The molecule has 0 aromatic rings. The molecule has 2 unspecified atom stereocenters. The highest BCUT2D eigenvalue weighted by molar-refractivity contribution is 7.88. The van der Waals surface area contributed by atoms with Gasteiger partial charge in [0.15, 0.2) is 0 Å². The maximum Gasteiger partial charge on any atom is 0.277 e. The first-order chi connectivity index (χ1) is 7.19. The highest BCUT2D eigenvalue weighted by Gasteiger charge is 2.46. The molecule has 2 N–H and O–H groups in total. The number of fused-ring (bicyclic) bond motifs is 2. The van der Waals surface area contributed by atoms with Crippen molar-refractivity contribution in [3.05, 3.63) is 0 Å². The van der Waals surface area contributed by atoms with Gasteiger partial charge in [0.2, 0.25) is 10.0 Å². The molecule has 2 bridgehead atoms. The Kier molecular flexibility index (Phi) is 2.78. The Labute approximate surface area is 95.4 Å². The van der Waals surface area contributed by atoms with E-state index in [1.807, 2.05) is 0 Å². The van der Waals surface area contributed by atoms with Crippen LogP contribution in [0.2, 0.25) is 0 Å². The zero-order chi connectivity index (χ0) is 12.1. The predicted octanol–water partition coefficient (Wildman–Crippen LogP) is -1.70. The second-order valence-electron chi connectivity index (χ2n) is 4.34. The third kappa shape index (κ3) is 2.09. The van der Waals surface area contributed by atoms with Crippen molar-refractivity contribution >= 4 is 20.2 Å². The van der Waals surface area contributed by atoms with E-state index < -0.39 is 20.2 Å². The van der Waals surface area contributed by atoms with E-state index in [2.05, 4.69) is 0 Å². The van der Waals surface area contributed by atoms with E-state index in [-0.39, 0.29) is 25.2 Å². The van der Waals surface area contributed by atoms with E-state index in [4.69, 9.17) is 5.14 Å². The summed E-state index contributed by atoms with van der Waals surface area (Å²) in [4.78, 5) is 0. The average Bonchev–Trinajstić information content (AvgIpc) is 2.35. The number of rotatable bonds is 2. The van der Waals surface area contributed by atoms with Crippen molar-refractivity contribution < 1.29 is 16.8 Å². The van der Waals surface area contributed by atoms with Crippen molar-refractivity contribution in [2.24, 2.45) is 5.14 Å². The first kappa shape index (κ1) is 12.2. The molecule has 0 amide bonds. The van der Waals surface area contributed by atoms with Gasteiger partial charge < -0.3 is 0 Å². The van der Waals surface area contributed by atoms with Gasteiger partial charge in [-0.2, -0.15) is 17.0 Å². The second kappa shape index (κ2) is 3.64. The maximum absolute atomic E-state index is 11.5. The van der Waals surface area contributed by atoms with Crippen LogP contribution in [0, 0.1) is 0 Å². The molecule has 0 radical (unpaired) electrons. The average molecular weight is 269 g/mol. The summed E-state index contributed by atoms with van der Waals surface area (Å²) in [6, 6.07) is -0.515. The van der Waals surface area contributed by atoms with Crippen LogP contribution in [0.1, 0.15) is 12.8 Å². The monoisotopic (exact) mass is 269 g/mol. The maximum atomic E-state index is 11.5. The summed E-state index contributed by atoms with van der Waals surface area (Å²) >= 11 is 0. The van der Waals surface area contributed by atoms with Crippen LogP contribution in [0.15, 0.2) is 0 Å². The van der Waals surface area contributed by atoms with Crippen molar-refractivity contribution in [3.8, 4) is 0 Å². The number of piperazine rings is 1. The van der Waals surface area contributed by atoms with Crippen LogP contribution < -0.4 is 5.14 Å². The Morgan fingerprint density at radius 1 is 1.06 bits per heavy atom. The van der Waals surface area contributed by atoms with E-state index in [1.165, 1.54) is 4.31 Å². The molecule has 94 valence electrons. The van der Waals surface area contributed by atoms with Crippen LogP contribution >= 0.6 is 0 Å². The molecule has 0 aromatic carbocycles. The summed E-state index contributed by atoms with van der Waals surface area (Å²) in [5, 5.41) is 5.05. The van der Waals surface area contributed by atoms with Crippen LogP contribution in [0.5, 0.6) is 0 Å². The van der Waals surface area contributed by atoms with Crippen molar-refractivity contribution in [2.45, 2.75) is 24.9 Å². The van der Waals surface area contributed by atoms with Crippen LogP contribution in [0.4, 0.5) is 0 Å². The Morgan fingerprint density at radius 3 is 1.81 bits per heavy atom. The first-order valence-electron chi connectivity index (χ1n) is 4.96. The summed E-state index contributed by atoms with van der Waals surface area (Å²) < 4.78 is 48.0. The molecule has 0 saturated carbocycles. The predicted molar refractivity (Wildman–Crippen MR) is 58.2 cm³/mol. The summed E-state index contributed by atoms with van der Waals surface area (Å²) in [6.07, 6.45) is 2.55. The third-order valence-corrected chi connectivity index (χ3v) is 5.50. The molecule has 16 heavy (non-hydrogen) atoms. The number of nitrogens with zero attached hydrogens (tertiary/aromatic N) is 2. The Hall–Kier alpha value is -0.220. The van der Waals surface area contributed by atoms with Gasteiger partial charge in [-0.15, -0.1) is 0 Å². The van der Waals surface area contributed by atoms with Gasteiger partial charge in [0.25, 0.3) is 10.2 Å². The van der Waals surface area contributed by atoms with Gasteiger partial charge in [-0.25, -0.2) is 13.6 Å². The van der Waals surface area contributed by atoms with Crippen LogP contribution in [-0.4, -0.2) is 56.9 Å². The number of sulfonamides is 1. The van der Waals surface area contributed by atoms with Crippen molar-refractivity contribution in [1.29, 1.82) is 0 Å². The van der Waals surface area contributed by atoms with Crippen molar-refractivity contribution in [3.63, 3.8) is 0 Å². The minimum atomic E-state index is -3.71. The molecule has 2 atom stereocenters. The molecule has 2 aliphatic heterocycles. The number of hydrogen-bond donors (Lipinski definition) is 1. The molecule has 0 spiro atoms. The minimum absolute atomic E-state index is 0.169. The van der Waals surface area contributed by atoms with E-state index in [0.29, 0.717) is 12.8 Å². The molecule has 2 rings (SSSR count). The van der Waals surface area contributed by atoms with Gasteiger partial charge in [-0.05, 0) is 12.8 Å². The Bertz CT molecular complexity index is 472. The molecular weight excluding hydrogens is 254 g/mol. The molecule has 2 fully saturated rings. The van der Waals surface area contributed by atoms with Crippen LogP contribution in [0.25, 0.3) is 0 Å². The molecule has 2 aliphatic rings. The zero-order valence-electron chi connectivity index (χ0n) is 8.90. The number of hydrogen-bond acceptors (Lipinski definition) is 4. The van der Waals surface area contributed by atoms with E-state index in [9.17, 15) is 16.8 Å². The fourth-order valence-corrected chi connectivity index (χ4v) is 4.76. The second-order valence-corrected chi connectivity index (χ2v) is 7.77. The van der Waals surface area contributed by atoms with Crippen LogP contribution in [0.3, 0.4) is 0 Å². The molecule has 9 heteroatoms. The summed E-state index contributed by atoms with van der Waals surface area (Å²) in [5.74, 6) is 0. The minimum Gasteiger partial charge on any atom is -0.216 e. The van der Waals surface area contributed by atoms with Crippen molar-refractivity contribution in [2.75, 3.05) is 19.3 Å². The van der Waals surface area contributed by atoms with Crippen molar-refractivity contribution in [1.82, 2.24) is 8.61 Å². The molecular formula is C7H15N3O4S2. The van der Waals surface area contributed by atoms with E-state index in [0.717, 1.165) is 10.6 Å². The van der Waals surface area contributed by atoms with E-state index >= 15 is 0 Å². The molecule has 2 saturated heterocycles. The van der Waals surface area contributed by atoms with Gasteiger partial charge in [0.05, 0.1) is 6.26 Å².